The Labute approximate surface area is 228 Å². The van der Waals surface area contributed by atoms with Gasteiger partial charge in [-0.15, -0.1) is 0 Å². The Morgan fingerprint density at radius 2 is 1.21 bits per heavy atom. The Balaban J connectivity index is 1.22. The molecule has 0 aliphatic carbocycles. The Morgan fingerprint density at radius 3 is 1.82 bits per heavy atom. The zero-order valence-corrected chi connectivity index (χ0v) is 22.1. The van der Waals surface area contributed by atoms with Crippen molar-refractivity contribution in [2.45, 2.75) is 32.1 Å². The number of Topliss-reactive ketones (excluding diaryl/α,β-unsaturated/α-hetero) is 1. The van der Waals surface area contributed by atoms with Crippen molar-refractivity contribution in [2.24, 2.45) is 0 Å². The summed E-state index contributed by atoms with van der Waals surface area (Å²) in [5.41, 5.74) is 3.35. The number of hydrogen-bond acceptors (Lipinski definition) is 5. The molecule has 1 N–H and O–H groups in total. The summed E-state index contributed by atoms with van der Waals surface area (Å²) in [6, 6.07) is 34.0. The summed E-state index contributed by atoms with van der Waals surface area (Å²) in [7, 11) is 0. The lowest BCUT2D eigenvalue weighted by Crippen LogP contribution is -2.18. The van der Waals surface area contributed by atoms with Crippen LogP contribution in [0.1, 0.15) is 48.2 Å². The van der Waals surface area contributed by atoms with Crippen molar-refractivity contribution in [3.63, 3.8) is 0 Å². The molecule has 0 heterocycles. The van der Waals surface area contributed by atoms with Gasteiger partial charge in [0.2, 0.25) is 5.91 Å². The molecule has 39 heavy (non-hydrogen) atoms. The lowest BCUT2D eigenvalue weighted by atomic mass is 9.78. The predicted octanol–water partition coefficient (Wildman–Crippen LogP) is 6.95. The Morgan fingerprint density at radius 1 is 0.667 bits per heavy atom. The number of benzene rings is 4. The first-order chi connectivity index (χ1) is 18.8. The molecular formula is C33H31NO5. The normalized spacial score (nSPS) is 10.9. The van der Waals surface area contributed by atoms with Gasteiger partial charge in [0.25, 0.3) is 0 Å². The van der Waals surface area contributed by atoms with E-state index in [4.69, 9.17) is 9.47 Å². The number of carbonyl (C=O) groups excluding carboxylic acids is 3. The van der Waals surface area contributed by atoms with E-state index in [2.05, 4.69) is 43.4 Å². The van der Waals surface area contributed by atoms with Crippen molar-refractivity contribution in [3.8, 4) is 11.5 Å². The van der Waals surface area contributed by atoms with Crippen LogP contribution < -0.4 is 10.1 Å². The second-order valence-corrected chi connectivity index (χ2v) is 9.64. The van der Waals surface area contributed by atoms with Gasteiger partial charge in [-0.05, 0) is 47.5 Å². The lowest BCUT2D eigenvalue weighted by molar-refractivity contribution is -0.143. The number of ether oxygens (including phenoxy) is 2. The fraction of sp³-hybridized carbons (Fsp3) is 0.182. The van der Waals surface area contributed by atoms with Gasteiger partial charge in [-0.2, -0.15) is 0 Å². The van der Waals surface area contributed by atoms with E-state index in [9.17, 15) is 14.4 Å². The minimum atomic E-state index is -0.601. The topological polar surface area (TPSA) is 81.7 Å². The second kappa shape index (κ2) is 12.7. The van der Waals surface area contributed by atoms with Gasteiger partial charge in [-0.3, -0.25) is 14.4 Å². The van der Waals surface area contributed by atoms with Crippen molar-refractivity contribution in [1.82, 2.24) is 0 Å². The Bertz CT molecular complexity index is 1400. The highest BCUT2D eigenvalue weighted by atomic mass is 16.5. The molecule has 4 aromatic carbocycles. The van der Waals surface area contributed by atoms with Crippen molar-refractivity contribution in [3.05, 3.63) is 126 Å². The minimum Gasteiger partial charge on any atom is -0.457 e. The van der Waals surface area contributed by atoms with Gasteiger partial charge in [0.15, 0.2) is 12.4 Å². The van der Waals surface area contributed by atoms with Gasteiger partial charge < -0.3 is 14.8 Å². The lowest BCUT2D eigenvalue weighted by Gasteiger charge is -2.26. The summed E-state index contributed by atoms with van der Waals surface area (Å²) >= 11 is 0. The zero-order chi connectivity index (χ0) is 27.7. The van der Waals surface area contributed by atoms with E-state index < -0.39 is 5.97 Å². The molecule has 0 saturated carbocycles. The molecular weight excluding hydrogens is 490 g/mol. The van der Waals surface area contributed by atoms with Crippen LogP contribution in [0.5, 0.6) is 11.5 Å². The first-order valence-corrected chi connectivity index (χ1v) is 12.8. The van der Waals surface area contributed by atoms with Crippen molar-refractivity contribution in [2.75, 3.05) is 11.9 Å². The predicted molar refractivity (Wildman–Crippen MR) is 151 cm³/mol. The maximum Gasteiger partial charge on any atom is 0.306 e. The van der Waals surface area contributed by atoms with Crippen LogP contribution in [0.4, 0.5) is 5.69 Å². The molecule has 1 amide bonds. The molecule has 0 atom stereocenters. The average molecular weight is 522 g/mol. The van der Waals surface area contributed by atoms with Crippen LogP contribution in [0.25, 0.3) is 0 Å². The molecule has 0 saturated heterocycles. The maximum absolute atomic E-state index is 12.3. The van der Waals surface area contributed by atoms with Crippen LogP contribution in [-0.4, -0.2) is 24.3 Å². The first-order valence-electron chi connectivity index (χ1n) is 12.8. The second-order valence-electron chi connectivity index (χ2n) is 9.64. The number of rotatable bonds is 11. The molecule has 0 radical (unpaired) electrons. The number of hydrogen-bond donors (Lipinski definition) is 1. The molecule has 198 valence electrons. The average Bonchev–Trinajstić information content (AvgIpc) is 2.97. The van der Waals surface area contributed by atoms with Crippen molar-refractivity contribution < 1.29 is 23.9 Å². The zero-order valence-electron chi connectivity index (χ0n) is 22.1. The third-order valence-corrected chi connectivity index (χ3v) is 6.46. The molecule has 0 aliphatic heterocycles. The molecule has 0 aliphatic rings. The first kappa shape index (κ1) is 27.3. The molecule has 0 spiro atoms. The monoisotopic (exact) mass is 521 g/mol. The van der Waals surface area contributed by atoms with E-state index in [1.54, 1.807) is 54.6 Å². The Kier molecular flexibility index (Phi) is 8.90. The summed E-state index contributed by atoms with van der Waals surface area (Å²) < 4.78 is 11.0. The van der Waals surface area contributed by atoms with Crippen LogP contribution in [0.2, 0.25) is 0 Å². The number of nitrogens with one attached hydrogen (secondary N) is 1. The van der Waals surface area contributed by atoms with Crippen molar-refractivity contribution in [1.29, 1.82) is 0 Å². The molecule has 0 bridgehead atoms. The highest BCUT2D eigenvalue weighted by Gasteiger charge is 2.22. The standard InChI is InChI=1S/C33H31NO5/c1-33(2,25-11-7-4-8-12-25)26-13-17-28(18-14-26)39-29-19-15-27(16-20-29)34-31(36)21-22-32(37)38-23-30(35)24-9-5-3-6-10-24/h3-20H,21-23H2,1-2H3,(H,34,36). The molecule has 4 aromatic rings. The molecule has 0 unspecified atom stereocenters. The van der Waals surface area contributed by atoms with Gasteiger partial charge in [-0.25, -0.2) is 0 Å². The van der Waals surface area contributed by atoms with E-state index in [0.29, 0.717) is 22.7 Å². The van der Waals surface area contributed by atoms with E-state index in [-0.39, 0.29) is 36.6 Å². The van der Waals surface area contributed by atoms with Crippen LogP contribution in [0.3, 0.4) is 0 Å². The largest absolute Gasteiger partial charge is 0.457 e. The number of esters is 1. The summed E-state index contributed by atoms with van der Waals surface area (Å²) in [5, 5.41) is 2.75. The van der Waals surface area contributed by atoms with Gasteiger partial charge in [0.1, 0.15) is 11.5 Å². The molecule has 0 fully saturated rings. The highest BCUT2D eigenvalue weighted by Crippen LogP contribution is 2.33. The summed E-state index contributed by atoms with van der Waals surface area (Å²) in [6.45, 7) is 4.04. The minimum absolute atomic E-state index is 0.0533. The van der Waals surface area contributed by atoms with Crippen molar-refractivity contribution >= 4 is 23.3 Å². The quantitative estimate of drug-likeness (QED) is 0.171. The summed E-state index contributed by atoms with van der Waals surface area (Å²) in [4.78, 5) is 36.2. The summed E-state index contributed by atoms with van der Waals surface area (Å²) in [6.07, 6.45) is -0.172. The molecule has 6 heteroatoms. The SMILES string of the molecule is CC(C)(c1ccccc1)c1ccc(Oc2ccc(NC(=O)CCC(=O)OCC(=O)c3ccccc3)cc2)cc1. The number of anilines is 1. The fourth-order valence-electron chi connectivity index (χ4n) is 4.07. The van der Waals surface area contributed by atoms with E-state index in [0.717, 1.165) is 0 Å². The van der Waals surface area contributed by atoms with Crippen LogP contribution in [0, 0.1) is 0 Å². The molecule has 0 aromatic heterocycles. The van der Waals surface area contributed by atoms with Gasteiger partial charge in [-0.1, -0.05) is 86.6 Å². The van der Waals surface area contributed by atoms with Crippen LogP contribution in [0.15, 0.2) is 109 Å². The van der Waals surface area contributed by atoms with E-state index >= 15 is 0 Å². The molecule has 6 nitrogen and oxygen atoms in total. The Hall–Kier alpha value is -4.71. The third kappa shape index (κ3) is 7.65. The smallest absolute Gasteiger partial charge is 0.306 e. The molecule has 4 rings (SSSR count). The van der Waals surface area contributed by atoms with Gasteiger partial charge in [0, 0.05) is 23.1 Å². The summed E-state index contributed by atoms with van der Waals surface area (Å²) in [5.74, 6) is 0.129. The number of carbonyl (C=O) groups is 3. The van der Waals surface area contributed by atoms with E-state index in [1.165, 1.54) is 11.1 Å². The number of amides is 1. The van der Waals surface area contributed by atoms with Gasteiger partial charge in [0.05, 0.1) is 6.42 Å². The van der Waals surface area contributed by atoms with Crippen LogP contribution >= 0.6 is 0 Å². The number of ketones is 1. The van der Waals surface area contributed by atoms with E-state index in [1.807, 2.05) is 30.3 Å². The van der Waals surface area contributed by atoms with Gasteiger partial charge >= 0.3 is 5.97 Å². The maximum atomic E-state index is 12.3. The fourth-order valence-corrected chi connectivity index (χ4v) is 4.07. The third-order valence-electron chi connectivity index (χ3n) is 6.46. The highest BCUT2D eigenvalue weighted by molar-refractivity contribution is 5.98. The van der Waals surface area contributed by atoms with Crippen LogP contribution in [-0.2, 0) is 19.7 Å².